The molecule has 3 aromatic rings. The summed E-state index contributed by atoms with van der Waals surface area (Å²) in [7, 11) is 1.70. The lowest BCUT2D eigenvalue weighted by Crippen LogP contribution is -2.48. The van der Waals surface area contributed by atoms with Gasteiger partial charge in [-0.15, -0.1) is 0 Å². The van der Waals surface area contributed by atoms with E-state index in [0.717, 1.165) is 55.8 Å². The quantitative estimate of drug-likeness (QED) is 0.309. The lowest BCUT2D eigenvalue weighted by Gasteiger charge is -2.42. The fourth-order valence-electron chi connectivity index (χ4n) is 5.95. The molecule has 224 valence electrons. The highest BCUT2D eigenvalue weighted by molar-refractivity contribution is 5.98. The number of ether oxygens (including phenoxy) is 1. The Kier molecular flexibility index (Phi) is 10.6. The lowest BCUT2D eigenvalue weighted by molar-refractivity contribution is -0.114. The van der Waals surface area contributed by atoms with Crippen LogP contribution in [0.1, 0.15) is 65.7 Å². The Morgan fingerprint density at radius 1 is 1.05 bits per heavy atom. The molecule has 0 radical (unpaired) electrons. The van der Waals surface area contributed by atoms with Gasteiger partial charge in [-0.05, 0) is 112 Å². The van der Waals surface area contributed by atoms with Crippen LogP contribution in [-0.4, -0.2) is 60.5 Å². The van der Waals surface area contributed by atoms with Crippen molar-refractivity contribution in [1.82, 2.24) is 15.2 Å². The van der Waals surface area contributed by atoms with Gasteiger partial charge < -0.3 is 25.2 Å². The monoisotopic (exact) mass is 571 g/mol. The number of benzene rings is 2. The van der Waals surface area contributed by atoms with Gasteiger partial charge in [0.2, 0.25) is 5.91 Å². The number of pyridine rings is 1. The number of nitrogens with zero attached hydrogens (tertiary/aromatic N) is 3. The highest BCUT2D eigenvalue weighted by atomic mass is 16.5. The van der Waals surface area contributed by atoms with Gasteiger partial charge in [-0.25, -0.2) is 0 Å². The highest BCUT2D eigenvalue weighted by Gasteiger charge is 2.28. The van der Waals surface area contributed by atoms with Gasteiger partial charge in [0.1, 0.15) is 5.75 Å². The summed E-state index contributed by atoms with van der Waals surface area (Å²) in [6, 6.07) is 14.9. The molecule has 1 fully saturated rings. The lowest BCUT2D eigenvalue weighted by atomic mass is 9.98. The predicted molar refractivity (Wildman–Crippen MR) is 169 cm³/mol. The van der Waals surface area contributed by atoms with Gasteiger partial charge in [-0.2, -0.15) is 0 Å². The van der Waals surface area contributed by atoms with E-state index < -0.39 is 0 Å². The van der Waals surface area contributed by atoms with Crippen LogP contribution in [0.3, 0.4) is 0 Å². The summed E-state index contributed by atoms with van der Waals surface area (Å²) in [6.45, 7) is 13.2. The largest absolute Gasteiger partial charge is 0.497 e. The summed E-state index contributed by atoms with van der Waals surface area (Å²) in [6.07, 6.45) is 6.86. The predicted octanol–water partition coefficient (Wildman–Crippen LogP) is 5.65. The summed E-state index contributed by atoms with van der Waals surface area (Å²) < 4.78 is 5.40. The third-order valence-electron chi connectivity index (χ3n) is 8.38. The van der Waals surface area contributed by atoms with Crippen LogP contribution < -0.4 is 20.3 Å². The third kappa shape index (κ3) is 7.88. The first-order chi connectivity index (χ1) is 20.2. The van der Waals surface area contributed by atoms with Crippen LogP contribution in [0.15, 0.2) is 54.9 Å². The van der Waals surface area contributed by atoms with Crippen LogP contribution in [-0.2, 0) is 11.3 Å². The number of anilines is 2. The number of carbonyl (C=O) groups is 2. The Hall–Kier alpha value is -3.91. The number of methoxy groups -OCH3 is 1. The molecule has 0 unspecified atom stereocenters. The van der Waals surface area contributed by atoms with E-state index in [1.165, 1.54) is 23.7 Å². The smallest absolute Gasteiger partial charge is 0.251 e. The molecule has 0 spiro atoms. The Morgan fingerprint density at radius 3 is 2.31 bits per heavy atom. The minimum absolute atomic E-state index is 0.0638. The normalized spacial score (nSPS) is 14.7. The molecule has 1 aromatic heterocycles. The average Bonchev–Trinajstić information content (AvgIpc) is 2.96. The Balaban J connectivity index is 1.33. The van der Waals surface area contributed by atoms with E-state index in [0.29, 0.717) is 29.9 Å². The van der Waals surface area contributed by atoms with Crippen LogP contribution in [0.5, 0.6) is 5.75 Å². The molecule has 1 atom stereocenters. The second-order valence-electron chi connectivity index (χ2n) is 11.5. The van der Waals surface area contributed by atoms with E-state index >= 15 is 0 Å². The van der Waals surface area contributed by atoms with Crippen LogP contribution in [0.4, 0.5) is 11.4 Å². The first-order valence-electron chi connectivity index (χ1n) is 14.9. The summed E-state index contributed by atoms with van der Waals surface area (Å²) >= 11 is 0. The second kappa shape index (κ2) is 14.3. The average molecular weight is 572 g/mol. The van der Waals surface area contributed by atoms with Crippen molar-refractivity contribution >= 4 is 23.2 Å². The molecular weight excluding hydrogens is 526 g/mol. The van der Waals surface area contributed by atoms with E-state index in [1.54, 1.807) is 7.11 Å². The maximum absolute atomic E-state index is 13.0. The molecule has 4 rings (SSSR count). The van der Waals surface area contributed by atoms with Gasteiger partial charge in [0, 0.05) is 74.5 Å². The van der Waals surface area contributed by atoms with Crippen LogP contribution >= 0.6 is 0 Å². The molecule has 0 bridgehead atoms. The SMILES string of the molecule is COc1ccc(N(Cc2cnccc2C)C2CCN([C@H](C)CCNC(=O)c3c(C)cc(NC(C)=O)cc3C)CC2)cc1. The summed E-state index contributed by atoms with van der Waals surface area (Å²) in [5.74, 6) is 0.673. The first kappa shape index (κ1) is 31.0. The molecule has 1 aliphatic heterocycles. The molecule has 2 N–H and O–H groups in total. The van der Waals surface area contributed by atoms with Gasteiger partial charge in [-0.1, -0.05) is 0 Å². The minimum Gasteiger partial charge on any atom is -0.497 e. The molecule has 0 saturated carbocycles. The van der Waals surface area contributed by atoms with Crippen molar-refractivity contribution in [2.75, 3.05) is 37.0 Å². The van der Waals surface area contributed by atoms with Crippen molar-refractivity contribution in [2.24, 2.45) is 0 Å². The number of nitrogens with one attached hydrogen (secondary N) is 2. The molecule has 1 saturated heterocycles. The zero-order chi connectivity index (χ0) is 30.2. The number of rotatable bonds is 11. The number of aromatic nitrogens is 1. The zero-order valence-electron chi connectivity index (χ0n) is 25.9. The number of aryl methyl sites for hydroxylation is 3. The van der Waals surface area contributed by atoms with E-state index in [-0.39, 0.29) is 11.8 Å². The molecule has 2 aromatic carbocycles. The number of hydrogen-bond acceptors (Lipinski definition) is 6. The van der Waals surface area contributed by atoms with Gasteiger partial charge in [0.25, 0.3) is 5.91 Å². The number of hydrogen-bond donors (Lipinski definition) is 2. The van der Waals surface area contributed by atoms with Crippen molar-refractivity contribution in [2.45, 2.75) is 72.5 Å². The summed E-state index contributed by atoms with van der Waals surface area (Å²) in [5, 5.41) is 5.92. The van der Waals surface area contributed by atoms with Crippen LogP contribution in [0.2, 0.25) is 0 Å². The van der Waals surface area contributed by atoms with Crippen molar-refractivity contribution in [3.63, 3.8) is 0 Å². The van der Waals surface area contributed by atoms with Crippen LogP contribution in [0.25, 0.3) is 0 Å². The van der Waals surface area contributed by atoms with Crippen molar-refractivity contribution in [3.8, 4) is 5.75 Å². The van der Waals surface area contributed by atoms with Crippen molar-refractivity contribution in [3.05, 3.63) is 82.7 Å². The zero-order valence-corrected chi connectivity index (χ0v) is 25.9. The van der Waals surface area contributed by atoms with E-state index in [4.69, 9.17) is 4.74 Å². The van der Waals surface area contributed by atoms with Crippen molar-refractivity contribution in [1.29, 1.82) is 0 Å². The Bertz CT molecular complexity index is 1340. The maximum atomic E-state index is 13.0. The Labute approximate surface area is 250 Å². The van der Waals surface area contributed by atoms with Crippen molar-refractivity contribution < 1.29 is 14.3 Å². The number of carbonyl (C=O) groups excluding carboxylic acids is 2. The minimum atomic E-state index is -0.124. The maximum Gasteiger partial charge on any atom is 0.251 e. The standard InChI is InChI=1S/C34H45N5O3/c1-23-11-15-35-21-28(23)22-39(30-7-9-32(42-6)10-8-30)31-13-17-38(18-14-31)26(4)12-16-36-34(41)33-24(2)19-29(20-25(33)3)37-27(5)40/h7-11,15,19-21,26,31H,12-14,16-18,22H2,1-6H3,(H,36,41)(H,37,40)/t26-/m1/s1. The molecule has 2 heterocycles. The molecule has 8 nitrogen and oxygen atoms in total. The molecular formula is C34H45N5O3. The number of likely N-dealkylation sites (tertiary alicyclic amines) is 1. The second-order valence-corrected chi connectivity index (χ2v) is 11.5. The van der Waals surface area contributed by atoms with E-state index in [9.17, 15) is 9.59 Å². The molecule has 0 aliphatic carbocycles. The molecule has 42 heavy (non-hydrogen) atoms. The first-order valence-corrected chi connectivity index (χ1v) is 14.9. The fraction of sp³-hybridized carbons (Fsp3) is 0.441. The molecule has 8 heteroatoms. The number of piperidine rings is 1. The van der Waals surface area contributed by atoms with Gasteiger partial charge in [0.05, 0.1) is 7.11 Å². The third-order valence-corrected chi connectivity index (χ3v) is 8.38. The topological polar surface area (TPSA) is 86.8 Å². The van der Waals surface area contributed by atoms with Gasteiger partial charge in [-0.3, -0.25) is 14.6 Å². The fourth-order valence-corrected chi connectivity index (χ4v) is 5.95. The number of amides is 2. The molecule has 1 aliphatic rings. The Morgan fingerprint density at radius 2 is 1.71 bits per heavy atom. The van der Waals surface area contributed by atoms with E-state index in [2.05, 4.69) is 57.5 Å². The van der Waals surface area contributed by atoms with E-state index in [1.807, 2.05) is 50.5 Å². The summed E-state index contributed by atoms with van der Waals surface area (Å²) in [4.78, 5) is 33.9. The van der Waals surface area contributed by atoms with Gasteiger partial charge >= 0.3 is 0 Å². The molecule has 2 amide bonds. The summed E-state index contributed by atoms with van der Waals surface area (Å²) in [5.41, 5.74) is 6.81. The van der Waals surface area contributed by atoms with Gasteiger partial charge in [0.15, 0.2) is 0 Å². The highest BCUT2D eigenvalue weighted by Crippen LogP contribution is 2.29. The van der Waals surface area contributed by atoms with Crippen LogP contribution in [0, 0.1) is 20.8 Å².